The third-order valence-electron chi connectivity index (χ3n) is 4.26. The molecule has 0 bridgehead atoms. The number of amides is 2. The molecule has 2 aromatic heterocycles. The molecule has 2 N–H and O–H groups in total. The van der Waals surface area contributed by atoms with E-state index >= 15 is 0 Å². The van der Waals surface area contributed by atoms with Crippen LogP contribution in [-0.4, -0.2) is 40.1 Å². The van der Waals surface area contributed by atoms with Gasteiger partial charge < -0.3 is 15.4 Å². The molecule has 0 spiro atoms. The minimum Gasteiger partial charge on any atom is -0.378 e. The van der Waals surface area contributed by atoms with E-state index in [1.54, 1.807) is 10.9 Å². The largest absolute Gasteiger partial charge is 0.378 e. The zero-order valence-electron chi connectivity index (χ0n) is 14.8. The second-order valence-corrected chi connectivity index (χ2v) is 6.40. The second kappa shape index (κ2) is 8.11. The van der Waals surface area contributed by atoms with Crippen LogP contribution < -0.4 is 10.6 Å². The summed E-state index contributed by atoms with van der Waals surface area (Å²) in [4.78, 5) is 16.3. The summed E-state index contributed by atoms with van der Waals surface area (Å²) < 4.78 is 7.44. The van der Waals surface area contributed by atoms with E-state index in [0.717, 1.165) is 43.1 Å². The van der Waals surface area contributed by atoms with Gasteiger partial charge in [-0.2, -0.15) is 5.10 Å². The van der Waals surface area contributed by atoms with Gasteiger partial charge in [-0.15, -0.1) is 0 Å². The maximum atomic E-state index is 12.0. The summed E-state index contributed by atoms with van der Waals surface area (Å²) in [5.74, 6) is 0.728. The Labute approximate surface area is 147 Å². The molecule has 7 nitrogen and oxygen atoms in total. The minimum absolute atomic E-state index is 0.225. The van der Waals surface area contributed by atoms with Crippen molar-refractivity contribution in [3.63, 3.8) is 0 Å². The second-order valence-electron chi connectivity index (χ2n) is 6.40. The Morgan fingerprint density at radius 2 is 2.24 bits per heavy atom. The van der Waals surface area contributed by atoms with Crippen molar-refractivity contribution in [3.05, 3.63) is 35.8 Å². The van der Waals surface area contributed by atoms with E-state index in [2.05, 4.69) is 20.7 Å². The Morgan fingerprint density at radius 1 is 1.36 bits per heavy atom. The van der Waals surface area contributed by atoms with Crippen molar-refractivity contribution in [1.29, 1.82) is 0 Å². The van der Waals surface area contributed by atoms with Crippen LogP contribution in [0.1, 0.15) is 37.1 Å². The van der Waals surface area contributed by atoms with Crippen LogP contribution in [0.15, 0.2) is 24.4 Å². The molecule has 25 heavy (non-hydrogen) atoms. The van der Waals surface area contributed by atoms with Gasteiger partial charge in [-0.25, -0.2) is 14.5 Å². The van der Waals surface area contributed by atoms with Crippen molar-refractivity contribution in [2.24, 2.45) is 0 Å². The maximum Gasteiger partial charge on any atom is 0.319 e. The lowest BCUT2D eigenvalue weighted by Crippen LogP contribution is -2.32. The number of aryl methyl sites for hydroxylation is 2. The highest BCUT2D eigenvalue weighted by molar-refractivity contribution is 5.89. The zero-order chi connectivity index (χ0) is 17.6. The molecule has 3 rings (SSSR count). The Hall–Kier alpha value is -2.41. The van der Waals surface area contributed by atoms with Crippen molar-refractivity contribution >= 4 is 11.7 Å². The fourth-order valence-electron chi connectivity index (χ4n) is 3.00. The van der Waals surface area contributed by atoms with Crippen molar-refractivity contribution in [1.82, 2.24) is 20.1 Å². The van der Waals surface area contributed by atoms with Crippen LogP contribution in [0.5, 0.6) is 0 Å². The van der Waals surface area contributed by atoms with Crippen LogP contribution in [0.25, 0.3) is 5.82 Å². The molecule has 0 aliphatic carbocycles. The third kappa shape index (κ3) is 4.79. The highest BCUT2D eigenvalue weighted by atomic mass is 16.5. The van der Waals surface area contributed by atoms with Crippen molar-refractivity contribution in [2.75, 3.05) is 18.5 Å². The van der Waals surface area contributed by atoms with E-state index in [4.69, 9.17) is 4.74 Å². The van der Waals surface area contributed by atoms with Gasteiger partial charge in [0.1, 0.15) is 0 Å². The summed E-state index contributed by atoms with van der Waals surface area (Å²) >= 11 is 0. The number of anilines is 1. The smallest absolute Gasteiger partial charge is 0.319 e. The Morgan fingerprint density at radius 3 is 2.88 bits per heavy atom. The molecule has 2 amide bonds. The molecular formula is C18H25N5O2. The first-order valence-electron chi connectivity index (χ1n) is 8.78. The third-order valence-corrected chi connectivity index (χ3v) is 4.26. The number of pyridine rings is 1. The van der Waals surface area contributed by atoms with Crippen molar-refractivity contribution in [2.45, 2.75) is 45.6 Å². The zero-order valence-corrected chi connectivity index (χ0v) is 14.8. The van der Waals surface area contributed by atoms with E-state index in [9.17, 15) is 4.79 Å². The van der Waals surface area contributed by atoms with E-state index in [-0.39, 0.29) is 12.1 Å². The number of aromatic nitrogens is 3. The number of carbonyl (C=O) groups is 1. The number of nitrogens with one attached hydrogen (secondary N) is 2. The van der Waals surface area contributed by atoms with Gasteiger partial charge in [0.15, 0.2) is 5.82 Å². The van der Waals surface area contributed by atoms with Crippen LogP contribution >= 0.6 is 0 Å². The molecule has 0 aromatic carbocycles. The number of rotatable bonds is 5. The molecule has 134 valence electrons. The van der Waals surface area contributed by atoms with E-state index < -0.39 is 0 Å². The molecule has 0 saturated carbocycles. The van der Waals surface area contributed by atoms with Crippen molar-refractivity contribution in [3.8, 4) is 5.82 Å². The average molecular weight is 343 g/mol. The summed E-state index contributed by atoms with van der Waals surface area (Å²) in [6, 6.07) is 5.43. The van der Waals surface area contributed by atoms with E-state index in [0.29, 0.717) is 12.2 Å². The van der Waals surface area contributed by atoms with Crippen molar-refractivity contribution < 1.29 is 9.53 Å². The van der Waals surface area contributed by atoms with E-state index in [1.165, 1.54) is 6.42 Å². The van der Waals surface area contributed by atoms with E-state index in [1.807, 2.05) is 32.0 Å². The predicted molar refractivity (Wildman–Crippen MR) is 96.1 cm³/mol. The van der Waals surface area contributed by atoms with Crippen LogP contribution in [0, 0.1) is 13.8 Å². The molecule has 1 saturated heterocycles. The van der Waals surface area contributed by atoms with Gasteiger partial charge >= 0.3 is 6.03 Å². The maximum absolute atomic E-state index is 12.0. The summed E-state index contributed by atoms with van der Waals surface area (Å²) in [5, 5.41) is 10.1. The number of hydrogen-bond donors (Lipinski definition) is 2. The van der Waals surface area contributed by atoms with Crippen LogP contribution in [0.2, 0.25) is 0 Å². The molecule has 0 radical (unpaired) electrons. The lowest BCUT2D eigenvalue weighted by atomic mass is 10.1. The van der Waals surface area contributed by atoms with Crippen LogP contribution in [-0.2, 0) is 4.74 Å². The average Bonchev–Trinajstić information content (AvgIpc) is 2.95. The molecule has 1 aliphatic rings. The van der Waals surface area contributed by atoms with Gasteiger partial charge in [-0.05, 0) is 57.7 Å². The molecule has 2 aromatic rings. The first-order chi connectivity index (χ1) is 12.1. The Bertz CT molecular complexity index is 705. The summed E-state index contributed by atoms with van der Waals surface area (Å²) in [6.45, 7) is 5.37. The highest BCUT2D eigenvalue weighted by Crippen LogP contribution is 2.15. The van der Waals surface area contributed by atoms with Gasteiger partial charge in [-0.1, -0.05) is 0 Å². The summed E-state index contributed by atoms with van der Waals surface area (Å²) in [7, 11) is 0. The van der Waals surface area contributed by atoms with Gasteiger partial charge in [0.05, 0.1) is 23.7 Å². The first kappa shape index (κ1) is 17.4. The topological polar surface area (TPSA) is 81.1 Å². The fraction of sp³-hybridized carbons (Fsp3) is 0.500. The lowest BCUT2D eigenvalue weighted by Gasteiger charge is -2.22. The van der Waals surface area contributed by atoms with Crippen LogP contribution in [0.4, 0.5) is 10.5 Å². The quantitative estimate of drug-likeness (QED) is 0.874. The normalized spacial score (nSPS) is 17.3. The molecular weight excluding hydrogens is 318 g/mol. The first-order valence-corrected chi connectivity index (χ1v) is 8.78. The minimum atomic E-state index is -0.225. The monoisotopic (exact) mass is 343 g/mol. The van der Waals surface area contributed by atoms with Crippen LogP contribution in [0.3, 0.4) is 0 Å². The van der Waals surface area contributed by atoms with Gasteiger partial charge in [0.25, 0.3) is 0 Å². The summed E-state index contributed by atoms with van der Waals surface area (Å²) in [5.41, 5.74) is 2.62. The Balaban J connectivity index is 1.47. The number of nitrogens with zero attached hydrogens (tertiary/aromatic N) is 3. The molecule has 1 aliphatic heterocycles. The van der Waals surface area contributed by atoms with Gasteiger partial charge in [-0.3, -0.25) is 0 Å². The molecule has 1 unspecified atom stereocenters. The number of hydrogen-bond acceptors (Lipinski definition) is 4. The number of ether oxygens (including phenoxy) is 1. The molecule has 1 fully saturated rings. The highest BCUT2D eigenvalue weighted by Gasteiger charge is 2.13. The van der Waals surface area contributed by atoms with Gasteiger partial charge in [0, 0.05) is 18.8 Å². The Kier molecular flexibility index (Phi) is 5.65. The predicted octanol–water partition coefficient (Wildman–Crippen LogP) is 2.96. The fourth-order valence-corrected chi connectivity index (χ4v) is 3.00. The van der Waals surface area contributed by atoms with Gasteiger partial charge in [0.2, 0.25) is 0 Å². The SMILES string of the molecule is Cc1cc(C)n(-c2ccc(NC(=O)NCCC3CCCCO3)cn2)n1. The molecule has 7 heteroatoms. The number of carbonyl (C=O) groups excluding carboxylic acids is 1. The number of urea groups is 1. The summed E-state index contributed by atoms with van der Waals surface area (Å²) in [6.07, 6.45) is 6.20. The lowest BCUT2D eigenvalue weighted by molar-refractivity contribution is 0.0120. The molecule has 1 atom stereocenters. The molecule has 3 heterocycles. The standard InChI is InChI=1S/C18H25N5O2/c1-13-11-14(2)23(22-13)17-7-6-15(12-20-17)21-18(24)19-9-8-16-5-3-4-10-25-16/h6-7,11-12,16H,3-5,8-10H2,1-2H3,(H2,19,21,24).